The Labute approximate surface area is 122 Å². The van der Waals surface area contributed by atoms with Crippen molar-refractivity contribution in [2.75, 3.05) is 13.1 Å². The SMILES string of the molecule is CC(CCNCC#Cc1ccccc1)c1ccccc1. The molecule has 0 aromatic heterocycles. The zero-order valence-electron chi connectivity index (χ0n) is 12.0. The number of rotatable bonds is 5. The summed E-state index contributed by atoms with van der Waals surface area (Å²) in [4.78, 5) is 0. The Morgan fingerprint density at radius 1 is 0.950 bits per heavy atom. The molecule has 1 atom stereocenters. The van der Waals surface area contributed by atoms with Crippen molar-refractivity contribution in [2.45, 2.75) is 19.3 Å². The Hall–Kier alpha value is -2.04. The van der Waals surface area contributed by atoms with Gasteiger partial charge in [0.1, 0.15) is 0 Å². The Morgan fingerprint density at radius 2 is 1.60 bits per heavy atom. The second-order valence-corrected chi connectivity index (χ2v) is 4.94. The first-order valence-corrected chi connectivity index (χ1v) is 7.16. The fourth-order valence-electron chi connectivity index (χ4n) is 2.09. The molecule has 0 amide bonds. The summed E-state index contributed by atoms with van der Waals surface area (Å²) >= 11 is 0. The fourth-order valence-corrected chi connectivity index (χ4v) is 2.09. The van der Waals surface area contributed by atoms with Gasteiger partial charge in [-0.15, -0.1) is 0 Å². The van der Waals surface area contributed by atoms with E-state index in [9.17, 15) is 0 Å². The second-order valence-electron chi connectivity index (χ2n) is 4.94. The maximum atomic E-state index is 3.38. The van der Waals surface area contributed by atoms with E-state index in [0.717, 1.165) is 25.1 Å². The highest BCUT2D eigenvalue weighted by atomic mass is 14.8. The van der Waals surface area contributed by atoms with Crippen molar-refractivity contribution in [3.63, 3.8) is 0 Å². The average Bonchev–Trinajstić information content (AvgIpc) is 2.52. The van der Waals surface area contributed by atoms with Gasteiger partial charge in [0.25, 0.3) is 0 Å². The van der Waals surface area contributed by atoms with Crippen LogP contribution in [0.15, 0.2) is 60.7 Å². The first-order chi connectivity index (χ1) is 9.86. The highest BCUT2D eigenvalue weighted by Gasteiger charge is 2.03. The van der Waals surface area contributed by atoms with Crippen molar-refractivity contribution in [2.24, 2.45) is 0 Å². The number of hydrogen-bond donors (Lipinski definition) is 1. The lowest BCUT2D eigenvalue weighted by molar-refractivity contribution is 0.622. The Balaban J connectivity index is 1.66. The number of hydrogen-bond acceptors (Lipinski definition) is 1. The molecule has 1 N–H and O–H groups in total. The van der Waals surface area contributed by atoms with Crippen molar-refractivity contribution in [3.05, 3.63) is 71.8 Å². The Morgan fingerprint density at radius 3 is 2.30 bits per heavy atom. The second kappa shape index (κ2) is 8.19. The minimum absolute atomic E-state index is 0.589. The predicted octanol–water partition coefficient (Wildman–Crippen LogP) is 3.82. The Kier molecular flexibility index (Phi) is 5.89. The molecule has 0 aliphatic carbocycles. The molecule has 1 nitrogen and oxygen atoms in total. The summed E-state index contributed by atoms with van der Waals surface area (Å²) in [5.41, 5.74) is 2.48. The van der Waals surface area contributed by atoms with Gasteiger partial charge < -0.3 is 5.32 Å². The highest BCUT2D eigenvalue weighted by molar-refractivity contribution is 5.33. The molecule has 0 heterocycles. The summed E-state index contributed by atoms with van der Waals surface area (Å²) in [5.74, 6) is 6.89. The van der Waals surface area contributed by atoms with Gasteiger partial charge in [0.05, 0.1) is 6.54 Å². The molecule has 0 saturated carbocycles. The monoisotopic (exact) mass is 263 g/mol. The zero-order chi connectivity index (χ0) is 14.0. The van der Waals surface area contributed by atoms with Crippen LogP contribution in [0.5, 0.6) is 0 Å². The molecule has 0 radical (unpaired) electrons. The topological polar surface area (TPSA) is 12.0 Å². The van der Waals surface area contributed by atoms with Crippen LogP contribution >= 0.6 is 0 Å². The van der Waals surface area contributed by atoms with Gasteiger partial charge in [-0.05, 0) is 36.6 Å². The summed E-state index contributed by atoms with van der Waals surface area (Å²) in [5, 5.41) is 3.38. The van der Waals surface area contributed by atoms with Crippen molar-refractivity contribution < 1.29 is 0 Å². The molecule has 2 aromatic carbocycles. The lowest BCUT2D eigenvalue weighted by Gasteiger charge is -2.11. The molecule has 0 saturated heterocycles. The van der Waals surface area contributed by atoms with Crippen LogP contribution in [-0.4, -0.2) is 13.1 Å². The lowest BCUT2D eigenvalue weighted by Crippen LogP contribution is -2.17. The van der Waals surface area contributed by atoms with Gasteiger partial charge in [-0.2, -0.15) is 0 Å². The summed E-state index contributed by atoms with van der Waals surface area (Å²) in [7, 11) is 0. The molecule has 20 heavy (non-hydrogen) atoms. The standard InChI is InChI=1S/C19H21N/c1-17(19-12-6-3-7-13-19)14-16-20-15-8-11-18-9-4-2-5-10-18/h2-7,9-10,12-13,17,20H,14-16H2,1H3. The van der Waals surface area contributed by atoms with E-state index in [1.807, 2.05) is 30.3 Å². The van der Waals surface area contributed by atoms with Crippen LogP contribution in [0.25, 0.3) is 0 Å². The van der Waals surface area contributed by atoms with Gasteiger partial charge in [-0.3, -0.25) is 0 Å². The van der Waals surface area contributed by atoms with Crippen molar-refractivity contribution in [1.82, 2.24) is 5.32 Å². The molecular formula is C19H21N. The van der Waals surface area contributed by atoms with Crippen LogP contribution in [0.2, 0.25) is 0 Å². The molecule has 1 unspecified atom stereocenters. The van der Waals surface area contributed by atoms with Crippen molar-refractivity contribution >= 4 is 0 Å². The highest BCUT2D eigenvalue weighted by Crippen LogP contribution is 2.17. The fraction of sp³-hybridized carbons (Fsp3) is 0.263. The maximum Gasteiger partial charge on any atom is 0.0580 e. The molecule has 0 spiro atoms. The molecule has 1 heteroatoms. The molecule has 0 aliphatic rings. The molecule has 102 valence electrons. The number of nitrogens with one attached hydrogen (secondary N) is 1. The zero-order valence-corrected chi connectivity index (χ0v) is 12.0. The van der Waals surface area contributed by atoms with E-state index in [1.165, 1.54) is 5.56 Å². The molecule has 0 fully saturated rings. The minimum Gasteiger partial charge on any atom is -0.306 e. The van der Waals surface area contributed by atoms with Gasteiger partial charge in [0.15, 0.2) is 0 Å². The third-order valence-electron chi connectivity index (χ3n) is 3.34. The maximum absolute atomic E-state index is 3.38. The minimum atomic E-state index is 0.589. The normalized spacial score (nSPS) is 11.4. The van der Waals surface area contributed by atoms with Gasteiger partial charge in [-0.1, -0.05) is 67.3 Å². The summed E-state index contributed by atoms with van der Waals surface area (Å²) in [6.07, 6.45) is 1.14. The van der Waals surface area contributed by atoms with E-state index in [0.29, 0.717) is 5.92 Å². The predicted molar refractivity (Wildman–Crippen MR) is 85.7 cm³/mol. The van der Waals surface area contributed by atoms with Crippen molar-refractivity contribution in [3.8, 4) is 11.8 Å². The number of benzene rings is 2. The van der Waals surface area contributed by atoms with E-state index >= 15 is 0 Å². The molecule has 0 bridgehead atoms. The largest absolute Gasteiger partial charge is 0.306 e. The van der Waals surface area contributed by atoms with Crippen LogP contribution < -0.4 is 5.32 Å². The Bertz CT molecular complexity index is 549. The third kappa shape index (κ3) is 4.91. The first kappa shape index (κ1) is 14.4. The lowest BCUT2D eigenvalue weighted by atomic mass is 9.98. The van der Waals surface area contributed by atoms with Gasteiger partial charge in [0, 0.05) is 5.56 Å². The summed E-state index contributed by atoms with van der Waals surface area (Å²) in [6, 6.07) is 20.8. The molecular weight excluding hydrogens is 242 g/mol. The van der Waals surface area contributed by atoms with E-state index < -0.39 is 0 Å². The van der Waals surface area contributed by atoms with E-state index in [2.05, 4.69) is 54.4 Å². The smallest absolute Gasteiger partial charge is 0.0580 e. The molecule has 2 rings (SSSR count). The average molecular weight is 263 g/mol. The van der Waals surface area contributed by atoms with Crippen LogP contribution in [0.4, 0.5) is 0 Å². The van der Waals surface area contributed by atoms with E-state index in [1.54, 1.807) is 0 Å². The summed E-state index contributed by atoms with van der Waals surface area (Å²) in [6.45, 7) is 4.02. The van der Waals surface area contributed by atoms with Crippen LogP contribution in [0, 0.1) is 11.8 Å². The third-order valence-corrected chi connectivity index (χ3v) is 3.34. The van der Waals surface area contributed by atoms with Crippen molar-refractivity contribution in [1.29, 1.82) is 0 Å². The molecule has 0 aliphatic heterocycles. The van der Waals surface area contributed by atoms with E-state index in [-0.39, 0.29) is 0 Å². The molecule has 2 aromatic rings. The van der Waals surface area contributed by atoms with Gasteiger partial charge in [-0.25, -0.2) is 0 Å². The van der Waals surface area contributed by atoms with Gasteiger partial charge >= 0.3 is 0 Å². The van der Waals surface area contributed by atoms with Crippen LogP contribution in [0.1, 0.15) is 30.4 Å². The first-order valence-electron chi connectivity index (χ1n) is 7.16. The van der Waals surface area contributed by atoms with Gasteiger partial charge in [0.2, 0.25) is 0 Å². The van der Waals surface area contributed by atoms with E-state index in [4.69, 9.17) is 0 Å². The summed E-state index contributed by atoms with van der Waals surface area (Å²) < 4.78 is 0. The quantitative estimate of drug-likeness (QED) is 0.639. The van der Waals surface area contributed by atoms with Crippen LogP contribution in [0.3, 0.4) is 0 Å². The van der Waals surface area contributed by atoms with Crippen LogP contribution in [-0.2, 0) is 0 Å².